The van der Waals surface area contributed by atoms with Gasteiger partial charge in [-0.3, -0.25) is 14.5 Å². The van der Waals surface area contributed by atoms with Gasteiger partial charge >= 0.3 is 0 Å². The van der Waals surface area contributed by atoms with Crippen molar-refractivity contribution in [2.75, 3.05) is 46.0 Å². The number of aliphatic hydroxyl groups is 1. The fraction of sp³-hybridized carbons (Fsp3) is 0.385. The molecule has 0 unspecified atom stereocenters. The first-order chi connectivity index (χ1) is 16.5. The summed E-state index contributed by atoms with van der Waals surface area (Å²) in [5.74, 6) is -1.49. The minimum absolute atomic E-state index is 0.000752. The van der Waals surface area contributed by atoms with Gasteiger partial charge in [0.2, 0.25) is 0 Å². The zero-order chi connectivity index (χ0) is 24.1. The number of benzene rings is 2. The van der Waals surface area contributed by atoms with E-state index in [2.05, 4.69) is 4.90 Å². The van der Waals surface area contributed by atoms with Gasteiger partial charge in [0.15, 0.2) is 0 Å². The third-order valence-corrected chi connectivity index (χ3v) is 6.09. The minimum Gasteiger partial charge on any atom is -0.507 e. The maximum absolute atomic E-state index is 13.4. The van der Waals surface area contributed by atoms with Crippen molar-refractivity contribution in [2.24, 2.45) is 0 Å². The molecule has 180 valence electrons. The number of hydrogen-bond acceptors (Lipinski definition) is 6. The lowest BCUT2D eigenvalue weighted by molar-refractivity contribution is -0.140. The van der Waals surface area contributed by atoms with Crippen LogP contribution in [0.5, 0.6) is 5.75 Å². The number of carbonyl (C=O) groups excluding carboxylic acids is 2. The quantitative estimate of drug-likeness (QED) is 0.364. The largest absolute Gasteiger partial charge is 0.507 e. The van der Waals surface area contributed by atoms with Crippen LogP contribution >= 0.6 is 0 Å². The van der Waals surface area contributed by atoms with E-state index < -0.39 is 23.5 Å². The molecule has 8 heteroatoms. The monoisotopic (exact) mass is 468 g/mol. The predicted octanol–water partition coefficient (Wildman–Crippen LogP) is 3.37. The Kier molecular flexibility index (Phi) is 7.59. The van der Waals surface area contributed by atoms with Gasteiger partial charge in [0.25, 0.3) is 11.7 Å². The van der Waals surface area contributed by atoms with E-state index >= 15 is 0 Å². The SMILES string of the molecule is CCCOc1ccc([C@H]2/C(=C(\O)c3ccc(F)cc3)C(=O)C(=O)N2CCN2CCOCC2)cc1. The van der Waals surface area contributed by atoms with Gasteiger partial charge in [0.1, 0.15) is 17.3 Å². The topological polar surface area (TPSA) is 79.3 Å². The number of ketones is 1. The molecule has 0 aromatic heterocycles. The normalized spacial score (nSPS) is 20.6. The summed E-state index contributed by atoms with van der Waals surface area (Å²) in [6.45, 7) is 6.29. The number of aliphatic hydroxyl groups excluding tert-OH is 1. The molecule has 2 aliphatic heterocycles. The Hall–Kier alpha value is -3.23. The summed E-state index contributed by atoms with van der Waals surface area (Å²) in [6.07, 6.45) is 0.876. The van der Waals surface area contributed by atoms with Crippen molar-refractivity contribution < 1.29 is 28.6 Å². The zero-order valence-electron chi connectivity index (χ0n) is 19.2. The molecule has 0 bridgehead atoms. The first-order valence-corrected chi connectivity index (χ1v) is 11.6. The maximum atomic E-state index is 13.4. The van der Waals surface area contributed by atoms with Crippen LogP contribution in [0.2, 0.25) is 0 Å². The third-order valence-electron chi connectivity index (χ3n) is 6.09. The van der Waals surface area contributed by atoms with Crippen LogP contribution in [0, 0.1) is 5.82 Å². The van der Waals surface area contributed by atoms with Crippen molar-refractivity contribution in [1.29, 1.82) is 0 Å². The summed E-state index contributed by atoms with van der Waals surface area (Å²) in [5.41, 5.74) is 0.968. The fourth-order valence-corrected chi connectivity index (χ4v) is 4.26. The molecular weight excluding hydrogens is 439 g/mol. The molecule has 0 aliphatic carbocycles. The van der Waals surface area contributed by atoms with E-state index in [9.17, 15) is 19.1 Å². The van der Waals surface area contributed by atoms with Crippen molar-refractivity contribution in [1.82, 2.24) is 9.80 Å². The average Bonchev–Trinajstić information content (AvgIpc) is 3.12. The average molecular weight is 469 g/mol. The predicted molar refractivity (Wildman–Crippen MR) is 125 cm³/mol. The van der Waals surface area contributed by atoms with Gasteiger partial charge in [-0.15, -0.1) is 0 Å². The van der Waals surface area contributed by atoms with Gasteiger partial charge in [-0.1, -0.05) is 19.1 Å². The molecule has 1 N–H and O–H groups in total. The summed E-state index contributed by atoms with van der Waals surface area (Å²) >= 11 is 0. The van der Waals surface area contributed by atoms with E-state index in [1.807, 2.05) is 6.92 Å². The molecule has 1 amide bonds. The Labute approximate surface area is 198 Å². The number of ether oxygens (including phenoxy) is 2. The Morgan fingerprint density at radius 1 is 1.06 bits per heavy atom. The molecule has 1 atom stereocenters. The molecule has 2 aliphatic rings. The smallest absolute Gasteiger partial charge is 0.295 e. The van der Waals surface area contributed by atoms with E-state index in [0.29, 0.717) is 44.2 Å². The number of nitrogens with zero attached hydrogens (tertiary/aromatic N) is 2. The number of morpholine rings is 1. The fourth-order valence-electron chi connectivity index (χ4n) is 4.26. The highest BCUT2D eigenvalue weighted by Gasteiger charge is 2.46. The molecular formula is C26H29FN2O5. The van der Waals surface area contributed by atoms with E-state index in [-0.39, 0.29) is 16.9 Å². The first kappa shape index (κ1) is 23.9. The number of Topliss-reactive ketones (excluding diaryl/α,β-unsaturated/α-hetero) is 1. The van der Waals surface area contributed by atoms with Gasteiger partial charge < -0.3 is 19.5 Å². The lowest BCUT2D eigenvalue weighted by atomic mass is 9.95. The number of hydrogen-bond donors (Lipinski definition) is 1. The molecule has 4 rings (SSSR count). The Morgan fingerprint density at radius 3 is 2.38 bits per heavy atom. The lowest BCUT2D eigenvalue weighted by Crippen LogP contribution is -2.42. The van der Waals surface area contributed by atoms with Gasteiger partial charge in [0, 0.05) is 31.7 Å². The van der Waals surface area contributed by atoms with Crippen LogP contribution in [-0.2, 0) is 14.3 Å². The van der Waals surface area contributed by atoms with Crippen LogP contribution in [0.4, 0.5) is 4.39 Å². The maximum Gasteiger partial charge on any atom is 0.295 e. The van der Waals surface area contributed by atoms with Crippen molar-refractivity contribution in [2.45, 2.75) is 19.4 Å². The van der Waals surface area contributed by atoms with Crippen LogP contribution in [0.15, 0.2) is 54.1 Å². The minimum atomic E-state index is -0.758. The van der Waals surface area contributed by atoms with Crippen LogP contribution < -0.4 is 4.74 Å². The lowest BCUT2D eigenvalue weighted by Gasteiger charge is -2.31. The van der Waals surface area contributed by atoms with Crippen molar-refractivity contribution in [3.63, 3.8) is 0 Å². The van der Waals surface area contributed by atoms with Crippen molar-refractivity contribution >= 4 is 17.4 Å². The molecule has 2 heterocycles. The number of carbonyl (C=O) groups is 2. The third kappa shape index (κ3) is 5.13. The van der Waals surface area contributed by atoms with Crippen molar-refractivity contribution in [3.8, 4) is 5.75 Å². The summed E-state index contributed by atoms with van der Waals surface area (Å²) in [6, 6.07) is 11.6. The van der Waals surface area contributed by atoms with Gasteiger partial charge in [0.05, 0.1) is 31.4 Å². The highest BCUT2D eigenvalue weighted by Crippen LogP contribution is 2.39. The number of rotatable bonds is 8. The van der Waals surface area contributed by atoms with Gasteiger partial charge in [-0.2, -0.15) is 0 Å². The van der Waals surface area contributed by atoms with E-state index in [1.54, 1.807) is 24.3 Å². The summed E-state index contributed by atoms with van der Waals surface area (Å²) in [7, 11) is 0. The molecule has 0 radical (unpaired) electrons. The second-order valence-electron chi connectivity index (χ2n) is 8.37. The Bertz CT molecular complexity index is 1050. The summed E-state index contributed by atoms with van der Waals surface area (Å²) in [4.78, 5) is 29.9. The van der Waals surface area contributed by atoms with Crippen molar-refractivity contribution in [3.05, 3.63) is 71.0 Å². The standard InChI is InChI=1S/C26H29FN2O5/c1-2-15-34-21-9-5-18(6-10-21)23-22(24(30)19-3-7-20(27)8-4-19)25(31)26(32)29(23)12-11-28-13-16-33-17-14-28/h3-10,23,30H,2,11-17H2,1H3/b24-22+/t23-/m0/s1. The molecule has 2 aromatic carbocycles. The first-order valence-electron chi connectivity index (χ1n) is 11.6. The Morgan fingerprint density at radius 2 is 1.74 bits per heavy atom. The second kappa shape index (κ2) is 10.8. The summed E-state index contributed by atoms with van der Waals surface area (Å²) in [5, 5.41) is 11.0. The highest BCUT2D eigenvalue weighted by molar-refractivity contribution is 6.46. The Balaban J connectivity index is 1.69. The van der Waals surface area contributed by atoms with Crippen LogP contribution in [-0.4, -0.2) is 72.6 Å². The molecule has 0 spiro atoms. The number of amides is 1. The van der Waals surface area contributed by atoms with E-state index in [4.69, 9.17) is 9.47 Å². The van der Waals surface area contributed by atoms with Gasteiger partial charge in [-0.05, 0) is 48.4 Å². The zero-order valence-corrected chi connectivity index (χ0v) is 19.2. The molecule has 2 fully saturated rings. The molecule has 34 heavy (non-hydrogen) atoms. The van der Waals surface area contributed by atoms with Crippen LogP contribution in [0.3, 0.4) is 0 Å². The number of likely N-dealkylation sites (tertiary alicyclic amines) is 1. The van der Waals surface area contributed by atoms with Crippen LogP contribution in [0.1, 0.15) is 30.5 Å². The molecule has 0 saturated carbocycles. The van der Waals surface area contributed by atoms with E-state index in [1.165, 1.54) is 29.2 Å². The van der Waals surface area contributed by atoms with E-state index in [0.717, 1.165) is 19.5 Å². The second-order valence-corrected chi connectivity index (χ2v) is 8.37. The van der Waals surface area contributed by atoms with Gasteiger partial charge in [-0.25, -0.2) is 4.39 Å². The molecule has 2 saturated heterocycles. The molecule has 2 aromatic rings. The highest BCUT2D eigenvalue weighted by atomic mass is 19.1. The molecule has 7 nitrogen and oxygen atoms in total. The summed E-state index contributed by atoms with van der Waals surface area (Å²) < 4.78 is 24.5. The number of halogens is 1. The van der Waals surface area contributed by atoms with Crippen LogP contribution in [0.25, 0.3) is 5.76 Å².